The highest BCUT2D eigenvalue weighted by molar-refractivity contribution is 5.83. The number of nitrogens with zero attached hydrogens (tertiary/aromatic N) is 2. The molecule has 0 unspecified atom stereocenters. The lowest BCUT2D eigenvalue weighted by atomic mass is 9.83. The van der Waals surface area contributed by atoms with Gasteiger partial charge in [-0.1, -0.05) is 26.3 Å². The lowest BCUT2D eigenvalue weighted by molar-refractivity contribution is -0.140. The van der Waals surface area contributed by atoms with Crippen LogP contribution >= 0.6 is 0 Å². The number of fused-ring (bicyclic) bond motifs is 4. The summed E-state index contributed by atoms with van der Waals surface area (Å²) >= 11 is 0. The van der Waals surface area contributed by atoms with Gasteiger partial charge in [-0.2, -0.15) is 0 Å². The molecule has 0 saturated carbocycles. The molecule has 0 aliphatic carbocycles. The van der Waals surface area contributed by atoms with Gasteiger partial charge in [-0.3, -0.25) is 4.79 Å². The third-order valence-corrected chi connectivity index (χ3v) is 5.52. The number of urea groups is 1. The topological polar surface area (TPSA) is 91.6 Å². The summed E-state index contributed by atoms with van der Waals surface area (Å²) in [6.45, 7) is 5.41. The number of carbonyl (C=O) groups excluding carboxylic acids is 1. The van der Waals surface area contributed by atoms with E-state index in [1.807, 2.05) is 24.5 Å². The van der Waals surface area contributed by atoms with E-state index in [1.54, 1.807) is 17.0 Å². The van der Waals surface area contributed by atoms with Crippen LogP contribution < -0.4 is 10.9 Å². The predicted molar refractivity (Wildman–Crippen MR) is 92.5 cm³/mol. The van der Waals surface area contributed by atoms with Crippen LogP contribution in [0.1, 0.15) is 38.3 Å². The molecule has 1 aromatic heterocycles. The average molecular weight is 347 g/mol. The molecule has 1 fully saturated rings. The first-order chi connectivity index (χ1) is 11.9. The number of rotatable bonds is 4. The Morgan fingerprint density at radius 2 is 2.08 bits per heavy atom. The Kier molecular flexibility index (Phi) is 4.83. The van der Waals surface area contributed by atoms with Crippen molar-refractivity contribution in [3.63, 3.8) is 0 Å². The highest BCUT2D eigenvalue weighted by atomic mass is 16.4. The molecule has 4 atom stereocenters. The number of piperidine rings is 1. The number of amides is 2. The van der Waals surface area contributed by atoms with Crippen molar-refractivity contribution < 1.29 is 14.7 Å². The minimum atomic E-state index is -1.00. The summed E-state index contributed by atoms with van der Waals surface area (Å²) in [6, 6.07) is 4.07. The van der Waals surface area contributed by atoms with Crippen molar-refractivity contribution >= 4 is 12.0 Å². The molecule has 136 valence electrons. The van der Waals surface area contributed by atoms with E-state index in [-0.39, 0.29) is 29.3 Å². The van der Waals surface area contributed by atoms with E-state index in [0.29, 0.717) is 26.1 Å². The molecule has 3 rings (SSSR count). The van der Waals surface area contributed by atoms with Gasteiger partial charge in [0.25, 0.3) is 5.56 Å². The Hall–Kier alpha value is -2.31. The Morgan fingerprint density at radius 1 is 1.32 bits per heavy atom. The number of aromatic nitrogens is 1. The van der Waals surface area contributed by atoms with Crippen LogP contribution in [0.15, 0.2) is 23.0 Å². The predicted octanol–water partition coefficient (Wildman–Crippen LogP) is 1.48. The summed E-state index contributed by atoms with van der Waals surface area (Å²) in [5.41, 5.74) is 0.978. The number of carboxylic acids is 1. The molecular formula is C18H25N3O4. The van der Waals surface area contributed by atoms with E-state index in [1.165, 1.54) is 0 Å². The quantitative estimate of drug-likeness (QED) is 0.863. The van der Waals surface area contributed by atoms with E-state index in [9.17, 15) is 19.5 Å². The molecule has 7 heteroatoms. The van der Waals surface area contributed by atoms with Gasteiger partial charge in [-0.05, 0) is 24.3 Å². The summed E-state index contributed by atoms with van der Waals surface area (Å²) in [5.74, 6) is -0.787. The zero-order chi connectivity index (χ0) is 18.1. The van der Waals surface area contributed by atoms with Gasteiger partial charge in [0.05, 0.1) is 0 Å². The second kappa shape index (κ2) is 6.90. The zero-order valence-electron chi connectivity index (χ0n) is 14.6. The number of likely N-dealkylation sites (tertiary alicyclic amines) is 1. The van der Waals surface area contributed by atoms with Gasteiger partial charge in [0.15, 0.2) is 0 Å². The maximum atomic E-state index is 12.6. The molecule has 2 N–H and O–H groups in total. The van der Waals surface area contributed by atoms with Crippen molar-refractivity contribution in [3.8, 4) is 0 Å². The number of aliphatic carboxylic acids is 1. The van der Waals surface area contributed by atoms with E-state index in [2.05, 4.69) is 5.32 Å². The number of pyridine rings is 1. The Balaban J connectivity index is 1.75. The lowest BCUT2D eigenvalue weighted by Gasteiger charge is -2.43. The number of hydrogen-bond donors (Lipinski definition) is 2. The van der Waals surface area contributed by atoms with Crippen LogP contribution in [0.3, 0.4) is 0 Å². The minimum absolute atomic E-state index is 0.00723. The normalized spacial score (nSPS) is 24.2. The van der Waals surface area contributed by atoms with Crippen molar-refractivity contribution in [2.75, 3.05) is 13.1 Å². The van der Waals surface area contributed by atoms with Crippen molar-refractivity contribution in [1.29, 1.82) is 0 Å². The second-order valence-corrected chi connectivity index (χ2v) is 7.25. The molecule has 7 nitrogen and oxygen atoms in total. The molecular weight excluding hydrogens is 322 g/mol. The van der Waals surface area contributed by atoms with Gasteiger partial charge >= 0.3 is 12.0 Å². The van der Waals surface area contributed by atoms with E-state index < -0.39 is 12.0 Å². The number of carbonyl (C=O) groups is 2. The zero-order valence-corrected chi connectivity index (χ0v) is 14.6. The third-order valence-electron chi connectivity index (χ3n) is 5.52. The summed E-state index contributed by atoms with van der Waals surface area (Å²) in [5, 5.41) is 12.1. The monoisotopic (exact) mass is 347 g/mol. The highest BCUT2D eigenvalue weighted by Crippen LogP contribution is 2.34. The Bertz CT molecular complexity index is 729. The fourth-order valence-corrected chi connectivity index (χ4v) is 3.97. The van der Waals surface area contributed by atoms with Crippen molar-refractivity contribution in [1.82, 2.24) is 14.8 Å². The molecule has 1 saturated heterocycles. The fourth-order valence-electron chi connectivity index (χ4n) is 3.97. The van der Waals surface area contributed by atoms with Crippen molar-refractivity contribution in [3.05, 3.63) is 34.2 Å². The third kappa shape index (κ3) is 3.41. The first-order valence-electron chi connectivity index (χ1n) is 8.88. The van der Waals surface area contributed by atoms with Gasteiger partial charge < -0.3 is 19.9 Å². The summed E-state index contributed by atoms with van der Waals surface area (Å²) in [4.78, 5) is 37.8. The van der Waals surface area contributed by atoms with E-state index >= 15 is 0 Å². The van der Waals surface area contributed by atoms with Gasteiger partial charge in [0.2, 0.25) is 0 Å². The van der Waals surface area contributed by atoms with Crippen LogP contribution in [0.2, 0.25) is 0 Å². The van der Waals surface area contributed by atoms with E-state index in [4.69, 9.17) is 0 Å². The number of carboxylic acid groups (broad SMARTS) is 1. The van der Waals surface area contributed by atoms with Crippen LogP contribution in [0, 0.1) is 11.8 Å². The largest absolute Gasteiger partial charge is 0.480 e. The molecule has 2 aliphatic rings. The molecule has 0 aromatic carbocycles. The molecule has 0 radical (unpaired) electrons. The maximum Gasteiger partial charge on any atom is 0.326 e. The smallest absolute Gasteiger partial charge is 0.326 e. The lowest BCUT2D eigenvalue weighted by Crippen LogP contribution is -2.55. The standard InChI is InChI=1S/C18H25N3O4/c1-3-11(2)16(17(23)24)19-18(25)20-8-12-7-13(10-20)14-5-4-6-15(22)21(14)9-12/h4-6,11-13,16H,3,7-10H2,1-2H3,(H,19,25)(H,23,24)/t11-,12-,13+,16-/m0/s1. The Morgan fingerprint density at radius 3 is 2.76 bits per heavy atom. The van der Waals surface area contributed by atoms with Gasteiger partial charge in [-0.25, -0.2) is 9.59 Å². The Labute approximate surface area is 146 Å². The van der Waals surface area contributed by atoms with Gasteiger partial charge in [0.1, 0.15) is 6.04 Å². The molecule has 2 bridgehead atoms. The minimum Gasteiger partial charge on any atom is -0.480 e. The maximum absolute atomic E-state index is 12.6. The van der Waals surface area contributed by atoms with Crippen LogP contribution in [0.4, 0.5) is 4.79 Å². The highest BCUT2D eigenvalue weighted by Gasteiger charge is 2.37. The molecule has 0 spiro atoms. The van der Waals surface area contributed by atoms with Crippen LogP contribution in [-0.4, -0.2) is 45.7 Å². The first-order valence-corrected chi connectivity index (χ1v) is 8.88. The molecule has 2 amide bonds. The fraction of sp³-hybridized carbons (Fsp3) is 0.611. The van der Waals surface area contributed by atoms with Gasteiger partial charge in [0, 0.05) is 37.3 Å². The van der Waals surface area contributed by atoms with E-state index in [0.717, 1.165) is 12.1 Å². The first kappa shape index (κ1) is 17.5. The molecule has 2 aliphatic heterocycles. The molecule has 1 aromatic rings. The number of hydrogen-bond acceptors (Lipinski definition) is 3. The van der Waals surface area contributed by atoms with Crippen LogP contribution in [0.5, 0.6) is 0 Å². The van der Waals surface area contributed by atoms with Crippen molar-refractivity contribution in [2.24, 2.45) is 11.8 Å². The average Bonchev–Trinajstić information content (AvgIpc) is 2.59. The van der Waals surface area contributed by atoms with Gasteiger partial charge in [-0.15, -0.1) is 0 Å². The molecule has 25 heavy (non-hydrogen) atoms. The van der Waals surface area contributed by atoms with Crippen LogP contribution in [-0.2, 0) is 11.3 Å². The second-order valence-electron chi connectivity index (χ2n) is 7.25. The van der Waals surface area contributed by atoms with Crippen LogP contribution in [0.25, 0.3) is 0 Å². The summed E-state index contributed by atoms with van der Waals surface area (Å²) < 4.78 is 1.81. The summed E-state index contributed by atoms with van der Waals surface area (Å²) in [6.07, 6.45) is 1.64. The molecule has 3 heterocycles. The SMILES string of the molecule is CC[C@H](C)[C@H](NC(=O)N1C[C@@H]2C[C@H](C1)c1cccc(=O)n1C2)C(=O)O. The number of nitrogens with one attached hydrogen (secondary N) is 1. The summed E-state index contributed by atoms with van der Waals surface area (Å²) in [7, 11) is 0. The van der Waals surface area contributed by atoms with Crippen molar-refractivity contribution in [2.45, 2.75) is 45.2 Å².